The second kappa shape index (κ2) is 5.98. The summed E-state index contributed by atoms with van der Waals surface area (Å²) in [6, 6.07) is 7.55. The summed E-state index contributed by atoms with van der Waals surface area (Å²) in [5.74, 6) is 2.81. The van der Waals surface area contributed by atoms with Crippen molar-refractivity contribution in [1.29, 1.82) is 0 Å². The zero-order valence-corrected chi connectivity index (χ0v) is 13.7. The summed E-state index contributed by atoms with van der Waals surface area (Å²) >= 11 is 0. The van der Waals surface area contributed by atoms with Crippen molar-refractivity contribution in [3.05, 3.63) is 29.3 Å². The van der Waals surface area contributed by atoms with Crippen molar-refractivity contribution >= 4 is 0 Å². The maximum Gasteiger partial charge on any atom is 0.119 e. The number of ether oxygens (including phenoxy) is 1. The third kappa shape index (κ3) is 2.95. The van der Waals surface area contributed by atoms with Gasteiger partial charge in [-0.1, -0.05) is 19.9 Å². The number of nitrogens with zero attached hydrogens (tertiary/aromatic N) is 1. The molecular formula is C18H28N2O. The first kappa shape index (κ1) is 14.9. The molecule has 0 aromatic heterocycles. The predicted molar refractivity (Wildman–Crippen MR) is 86.8 cm³/mol. The number of methoxy groups -OCH3 is 1. The molecule has 21 heavy (non-hydrogen) atoms. The van der Waals surface area contributed by atoms with Crippen LogP contribution in [0.5, 0.6) is 5.75 Å². The van der Waals surface area contributed by atoms with Gasteiger partial charge >= 0.3 is 0 Å². The molecule has 0 saturated heterocycles. The van der Waals surface area contributed by atoms with Gasteiger partial charge < -0.3 is 15.0 Å². The van der Waals surface area contributed by atoms with E-state index in [0.717, 1.165) is 30.6 Å². The quantitative estimate of drug-likeness (QED) is 0.871. The van der Waals surface area contributed by atoms with Crippen molar-refractivity contribution in [2.24, 2.45) is 11.8 Å². The van der Waals surface area contributed by atoms with Crippen molar-refractivity contribution in [3.63, 3.8) is 0 Å². The number of hydrogen-bond acceptors (Lipinski definition) is 3. The second-order valence-electron chi connectivity index (χ2n) is 6.78. The molecule has 1 aromatic carbocycles. The fourth-order valence-corrected chi connectivity index (χ4v) is 3.76. The van der Waals surface area contributed by atoms with Crippen LogP contribution in [0.4, 0.5) is 0 Å². The van der Waals surface area contributed by atoms with Crippen LogP contribution < -0.4 is 10.1 Å². The molecular weight excluding hydrogens is 260 g/mol. The van der Waals surface area contributed by atoms with E-state index in [1.54, 1.807) is 7.11 Å². The van der Waals surface area contributed by atoms with Gasteiger partial charge in [0.15, 0.2) is 0 Å². The minimum Gasteiger partial charge on any atom is -0.497 e. The van der Waals surface area contributed by atoms with Crippen molar-refractivity contribution in [1.82, 2.24) is 10.2 Å². The molecule has 0 radical (unpaired) electrons. The van der Waals surface area contributed by atoms with Gasteiger partial charge in [-0.3, -0.25) is 0 Å². The van der Waals surface area contributed by atoms with E-state index in [9.17, 15) is 0 Å². The molecule has 1 saturated carbocycles. The Hall–Kier alpha value is -1.06. The van der Waals surface area contributed by atoms with E-state index in [2.05, 4.69) is 49.3 Å². The molecule has 2 aliphatic carbocycles. The SMILES string of the molecule is CCNC1c2cc(OC)ccc2CC1N(C)CC1CC1C. The number of likely N-dealkylation sites (N-methyl/N-ethyl adjacent to an activating group) is 2. The Kier molecular flexibility index (Phi) is 4.23. The van der Waals surface area contributed by atoms with Crippen LogP contribution in [0.3, 0.4) is 0 Å². The highest BCUT2D eigenvalue weighted by molar-refractivity contribution is 5.42. The molecule has 116 valence electrons. The molecule has 4 unspecified atom stereocenters. The second-order valence-corrected chi connectivity index (χ2v) is 6.78. The molecule has 1 fully saturated rings. The standard InChI is InChI=1S/C18H28N2O/c1-5-19-18-16-10-15(21-4)7-6-13(16)9-17(18)20(3)11-14-8-12(14)2/h6-7,10,12,14,17-19H,5,8-9,11H2,1-4H3. The number of hydrogen-bond donors (Lipinski definition) is 1. The minimum atomic E-state index is 0.430. The number of rotatable bonds is 6. The lowest BCUT2D eigenvalue weighted by Crippen LogP contribution is -2.41. The molecule has 0 heterocycles. The summed E-state index contributed by atoms with van der Waals surface area (Å²) < 4.78 is 5.41. The molecule has 4 atom stereocenters. The number of fused-ring (bicyclic) bond motifs is 1. The Balaban J connectivity index is 1.78. The van der Waals surface area contributed by atoms with E-state index in [4.69, 9.17) is 4.74 Å². The molecule has 1 aromatic rings. The van der Waals surface area contributed by atoms with Crippen molar-refractivity contribution in [2.75, 3.05) is 27.2 Å². The topological polar surface area (TPSA) is 24.5 Å². The molecule has 1 N–H and O–H groups in total. The molecule has 2 aliphatic rings. The van der Waals surface area contributed by atoms with Crippen LogP contribution in [0.2, 0.25) is 0 Å². The van der Waals surface area contributed by atoms with Gasteiger partial charge in [0.25, 0.3) is 0 Å². The predicted octanol–water partition coefficient (Wildman–Crippen LogP) is 2.86. The number of nitrogens with one attached hydrogen (secondary N) is 1. The summed E-state index contributed by atoms with van der Waals surface area (Å²) in [5.41, 5.74) is 2.90. The third-order valence-corrected chi connectivity index (χ3v) is 5.29. The van der Waals surface area contributed by atoms with E-state index in [1.807, 2.05) is 0 Å². The molecule has 0 bridgehead atoms. The molecule has 0 amide bonds. The highest BCUT2D eigenvalue weighted by atomic mass is 16.5. The molecule has 3 nitrogen and oxygen atoms in total. The molecule has 3 rings (SSSR count). The Bertz CT molecular complexity index is 502. The van der Waals surface area contributed by atoms with Crippen molar-refractivity contribution < 1.29 is 4.74 Å². The largest absolute Gasteiger partial charge is 0.497 e. The van der Waals surface area contributed by atoms with Crippen molar-refractivity contribution in [3.8, 4) is 5.75 Å². The lowest BCUT2D eigenvalue weighted by Gasteiger charge is -2.30. The fourth-order valence-electron chi connectivity index (χ4n) is 3.76. The summed E-state index contributed by atoms with van der Waals surface area (Å²) in [6.07, 6.45) is 2.55. The van der Waals surface area contributed by atoms with E-state index in [0.29, 0.717) is 12.1 Å². The van der Waals surface area contributed by atoms with Crippen LogP contribution in [0.15, 0.2) is 18.2 Å². The van der Waals surface area contributed by atoms with Gasteiger partial charge in [0, 0.05) is 18.6 Å². The van der Waals surface area contributed by atoms with Crippen LogP contribution >= 0.6 is 0 Å². The van der Waals surface area contributed by atoms with Crippen molar-refractivity contribution in [2.45, 2.75) is 38.8 Å². The Morgan fingerprint density at radius 3 is 2.76 bits per heavy atom. The van der Waals surface area contributed by atoms with Crippen LogP contribution in [-0.2, 0) is 6.42 Å². The van der Waals surface area contributed by atoms with E-state index < -0.39 is 0 Å². The van der Waals surface area contributed by atoms with Crippen LogP contribution in [0, 0.1) is 11.8 Å². The van der Waals surface area contributed by atoms with Gasteiger partial charge in [-0.25, -0.2) is 0 Å². The van der Waals surface area contributed by atoms with Crippen LogP contribution in [-0.4, -0.2) is 38.2 Å². The Labute approximate surface area is 128 Å². The fraction of sp³-hybridized carbons (Fsp3) is 0.667. The smallest absolute Gasteiger partial charge is 0.119 e. The molecule has 0 spiro atoms. The first-order chi connectivity index (χ1) is 10.1. The van der Waals surface area contributed by atoms with Gasteiger partial charge in [-0.2, -0.15) is 0 Å². The van der Waals surface area contributed by atoms with Gasteiger partial charge in [-0.15, -0.1) is 0 Å². The highest BCUT2D eigenvalue weighted by Gasteiger charge is 2.39. The Morgan fingerprint density at radius 2 is 2.14 bits per heavy atom. The summed E-state index contributed by atoms with van der Waals surface area (Å²) in [6.45, 7) is 6.80. The summed E-state index contributed by atoms with van der Waals surface area (Å²) in [7, 11) is 4.04. The summed E-state index contributed by atoms with van der Waals surface area (Å²) in [5, 5.41) is 3.69. The Morgan fingerprint density at radius 1 is 1.38 bits per heavy atom. The van der Waals surface area contributed by atoms with E-state index in [-0.39, 0.29) is 0 Å². The zero-order chi connectivity index (χ0) is 15.0. The first-order valence-corrected chi connectivity index (χ1v) is 8.24. The molecule has 3 heteroatoms. The van der Waals surface area contributed by atoms with Crippen LogP contribution in [0.25, 0.3) is 0 Å². The maximum atomic E-state index is 5.41. The lowest BCUT2D eigenvalue weighted by atomic mass is 10.1. The normalized spacial score (nSPS) is 30.5. The van der Waals surface area contributed by atoms with E-state index >= 15 is 0 Å². The zero-order valence-electron chi connectivity index (χ0n) is 13.7. The van der Waals surface area contributed by atoms with Gasteiger partial charge in [-0.05, 0) is 61.5 Å². The summed E-state index contributed by atoms with van der Waals surface area (Å²) in [4.78, 5) is 2.58. The minimum absolute atomic E-state index is 0.430. The average molecular weight is 288 g/mol. The third-order valence-electron chi connectivity index (χ3n) is 5.29. The van der Waals surface area contributed by atoms with Gasteiger partial charge in [0.2, 0.25) is 0 Å². The highest BCUT2D eigenvalue weighted by Crippen LogP contribution is 2.41. The van der Waals surface area contributed by atoms with Crippen LogP contribution in [0.1, 0.15) is 37.4 Å². The lowest BCUT2D eigenvalue weighted by molar-refractivity contribution is 0.195. The first-order valence-electron chi connectivity index (χ1n) is 8.24. The maximum absolute atomic E-state index is 5.41. The van der Waals surface area contributed by atoms with Gasteiger partial charge in [0.1, 0.15) is 5.75 Å². The molecule has 0 aliphatic heterocycles. The van der Waals surface area contributed by atoms with E-state index in [1.165, 1.54) is 24.1 Å². The van der Waals surface area contributed by atoms with Gasteiger partial charge in [0.05, 0.1) is 7.11 Å². The average Bonchev–Trinajstić information content (AvgIpc) is 3.05. The monoisotopic (exact) mass is 288 g/mol. The number of benzene rings is 1.